The molecule has 0 saturated carbocycles. The van der Waals surface area contributed by atoms with Crippen molar-refractivity contribution in [1.29, 1.82) is 0 Å². The summed E-state index contributed by atoms with van der Waals surface area (Å²) in [6.45, 7) is 8.08. The van der Waals surface area contributed by atoms with Crippen LogP contribution in [-0.4, -0.2) is 30.5 Å². The van der Waals surface area contributed by atoms with Gasteiger partial charge in [0.25, 0.3) is 5.91 Å². The monoisotopic (exact) mass is 434 g/mol. The number of amides is 1. The van der Waals surface area contributed by atoms with Gasteiger partial charge in [-0.25, -0.2) is 9.67 Å². The Labute approximate surface area is 185 Å². The number of hydrogen-bond acceptors (Lipinski definition) is 4. The lowest BCUT2D eigenvalue weighted by Gasteiger charge is -2.26. The second-order valence-corrected chi connectivity index (χ2v) is 8.77. The molecular weight excluding hydrogens is 412 g/mol. The Morgan fingerprint density at radius 2 is 1.81 bits per heavy atom. The van der Waals surface area contributed by atoms with Crippen LogP contribution in [-0.2, 0) is 7.05 Å². The largest absolute Gasteiger partial charge is 0.321 e. The number of halogens is 1. The molecule has 0 fully saturated rings. The van der Waals surface area contributed by atoms with Crippen molar-refractivity contribution >= 4 is 34.2 Å². The zero-order chi connectivity index (χ0) is 22.0. The van der Waals surface area contributed by atoms with Gasteiger partial charge in [-0.2, -0.15) is 0 Å². The number of fused-ring (bicyclic) bond motifs is 2. The summed E-state index contributed by atoms with van der Waals surface area (Å²) in [6.07, 6.45) is 0. The molecule has 5 rings (SSSR count). The predicted molar refractivity (Wildman–Crippen MR) is 121 cm³/mol. The molecular formula is C23H23ClN6O. The highest BCUT2D eigenvalue weighted by atomic mass is 35.5. The van der Waals surface area contributed by atoms with Crippen LogP contribution in [0.25, 0.3) is 11.0 Å². The minimum atomic E-state index is -0.337. The van der Waals surface area contributed by atoms with E-state index in [9.17, 15) is 4.79 Å². The van der Waals surface area contributed by atoms with E-state index >= 15 is 0 Å². The quantitative estimate of drug-likeness (QED) is 0.466. The van der Waals surface area contributed by atoms with Crippen LogP contribution >= 0.6 is 11.6 Å². The summed E-state index contributed by atoms with van der Waals surface area (Å²) in [7, 11) is 1.85. The fraction of sp³-hybridized carbons (Fsp3) is 0.304. The number of hydrogen-bond donors (Lipinski definition) is 0. The van der Waals surface area contributed by atoms with E-state index in [1.54, 1.807) is 4.68 Å². The number of benzene rings is 2. The number of aryl methyl sites for hydroxylation is 3. The second kappa shape index (κ2) is 6.92. The average molecular weight is 435 g/mol. The maximum Gasteiger partial charge on any atom is 0.277 e. The summed E-state index contributed by atoms with van der Waals surface area (Å²) >= 11 is 6.15. The van der Waals surface area contributed by atoms with Crippen molar-refractivity contribution < 1.29 is 4.79 Å². The van der Waals surface area contributed by atoms with Crippen LogP contribution in [0.15, 0.2) is 36.4 Å². The van der Waals surface area contributed by atoms with E-state index in [1.807, 2.05) is 66.8 Å². The van der Waals surface area contributed by atoms with Gasteiger partial charge in [0, 0.05) is 23.8 Å². The van der Waals surface area contributed by atoms with Gasteiger partial charge in [0.15, 0.2) is 0 Å². The highest BCUT2D eigenvalue weighted by Gasteiger charge is 2.44. The molecule has 1 aliphatic rings. The van der Waals surface area contributed by atoms with Crippen molar-refractivity contribution in [1.82, 2.24) is 24.5 Å². The maximum atomic E-state index is 13.9. The fourth-order valence-electron chi connectivity index (χ4n) is 4.59. The van der Waals surface area contributed by atoms with Crippen LogP contribution in [0.2, 0.25) is 5.02 Å². The molecule has 8 heteroatoms. The lowest BCUT2D eigenvalue weighted by Crippen LogP contribution is -2.30. The molecule has 0 aliphatic carbocycles. The first kappa shape index (κ1) is 19.8. The number of carbonyl (C=O) groups is 1. The normalized spacial score (nSPS) is 16.0. The van der Waals surface area contributed by atoms with E-state index < -0.39 is 0 Å². The Hall–Kier alpha value is -3.19. The summed E-state index contributed by atoms with van der Waals surface area (Å²) in [6, 6.07) is 11.4. The number of carbonyl (C=O) groups excluding carboxylic acids is 1. The average Bonchev–Trinajstić information content (AvgIpc) is 3.34. The summed E-state index contributed by atoms with van der Waals surface area (Å²) in [5.74, 6) is 0.785. The Bertz CT molecular complexity index is 1330. The van der Waals surface area contributed by atoms with E-state index in [0.717, 1.165) is 39.4 Å². The van der Waals surface area contributed by atoms with E-state index in [1.165, 1.54) is 0 Å². The molecule has 2 aromatic heterocycles. The van der Waals surface area contributed by atoms with Gasteiger partial charge in [-0.3, -0.25) is 9.69 Å². The summed E-state index contributed by atoms with van der Waals surface area (Å²) in [5, 5.41) is 9.04. The third kappa shape index (κ3) is 2.87. The molecule has 31 heavy (non-hydrogen) atoms. The van der Waals surface area contributed by atoms with Gasteiger partial charge < -0.3 is 4.57 Å². The van der Waals surface area contributed by atoms with Crippen LogP contribution in [0.3, 0.4) is 0 Å². The van der Waals surface area contributed by atoms with Crippen molar-refractivity contribution in [2.24, 2.45) is 7.05 Å². The molecule has 0 unspecified atom stereocenters. The summed E-state index contributed by atoms with van der Waals surface area (Å²) < 4.78 is 3.76. The van der Waals surface area contributed by atoms with Gasteiger partial charge in [-0.05, 0) is 63.1 Å². The first-order valence-corrected chi connectivity index (χ1v) is 10.6. The van der Waals surface area contributed by atoms with Gasteiger partial charge in [-0.15, -0.1) is 5.10 Å². The lowest BCUT2D eigenvalue weighted by molar-refractivity contribution is 0.0983. The zero-order valence-corrected chi connectivity index (χ0v) is 18.8. The van der Waals surface area contributed by atoms with E-state index in [4.69, 9.17) is 16.6 Å². The number of anilines is 1. The third-order valence-corrected chi connectivity index (χ3v) is 6.18. The van der Waals surface area contributed by atoms with Crippen molar-refractivity contribution in [3.63, 3.8) is 0 Å². The van der Waals surface area contributed by atoms with Gasteiger partial charge in [0.05, 0.1) is 11.2 Å². The molecule has 0 radical (unpaired) electrons. The van der Waals surface area contributed by atoms with E-state index in [2.05, 4.69) is 24.2 Å². The van der Waals surface area contributed by atoms with Crippen LogP contribution in [0.5, 0.6) is 0 Å². The molecule has 3 heterocycles. The second-order valence-electron chi connectivity index (χ2n) is 8.33. The van der Waals surface area contributed by atoms with Crippen LogP contribution in [0, 0.1) is 13.8 Å². The number of nitrogens with zero attached hydrogens (tertiary/aromatic N) is 6. The smallest absolute Gasteiger partial charge is 0.277 e. The third-order valence-electron chi connectivity index (χ3n) is 5.93. The predicted octanol–water partition coefficient (Wildman–Crippen LogP) is 4.77. The molecule has 7 nitrogen and oxygen atoms in total. The molecule has 1 amide bonds. The van der Waals surface area contributed by atoms with E-state index in [0.29, 0.717) is 10.7 Å². The first-order valence-electron chi connectivity index (χ1n) is 10.3. The molecule has 158 valence electrons. The Kier molecular flexibility index (Phi) is 4.41. The maximum absolute atomic E-state index is 13.9. The SMILES string of the molecule is Cc1cc(N2C(=O)c3c(nc(C)n3C(C)C)[C@@H]2c2ccc(Cl)cc2)cc2c1nnn2C. The molecule has 0 bridgehead atoms. The Morgan fingerprint density at radius 1 is 1.10 bits per heavy atom. The van der Waals surface area contributed by atoms with Gasteiger partial charge >= 0.3 is 0 Å². The van der Waals surface area contributed by atoms with Crippen LogP contribution < -0.4 is 4.90 Å². The fourth-order valence-corrected chi connectivity index (χ4v) is 4.72. The van der Waals surface area contributed by atoms with Crippen molar-refractivity contribution in [2.75, 3.05) is 4.90 Å². The lowest BCUT2D eigenvalue weighted by atomic mass is 10.0. The Balaban J connectivity index is 1.76. The van der Waals surface area contributed by atoms with Crippen molar-refractivity contribution in [3.05, 3.63) is 69.8 Å². The van der Waals surface area contributed by atoms with Crippen LogP contribution in [0.1, 0.15) is 59.1 Å². The molecule has 0 N–H and O–H groups in total. The Morgan fingerprint density at radius 3 is 2.48 bits per heavy atom. The number of rotatable bonds is 3. The molecule has 4 aromatic rings. The minimum Gasteiger partial charge on any atom is -0.321 e. The topological polar surface area (TPSA) is 68.8 Å². The molecule has 0 saturated heterocycles. The van der Waals surface area contributed by atoms with Crippen molar-refractivity contribution in [2.45, 2.75) is 39.8 Å². The first-order chi connectivity index (χ1) is 14.8. The minimum absolute atomic E-state index is 0.0573. The van der Waals surface area contributed by atoms with Crippen LogP contribution in [0.4, 0.5) is 5.69 Å². The highest BCUT2D eigenvalue weighted by molar-refractivity contribution is 6.30. The van der Waals surface area contributed by atoms with Gasteiger partial charge in [0.1, 0.15) is 23.1 Å². The standard InChI is InChI=1S/C23H23ClN6O/c1-12(2)29-14(4)25-20-21(15-6-8-16(24)9-7-15)30(23(31)22(20)29)17-10-13(3)19-18(11-17)28(5)27-26-19/h6-12,21H,1-5H3/t21-/m0/s1. The van der Waals surface area contributed by atoms with Gasteiger partial charge in [0.2, 0.25) is 0 Å². The molecule has 2 aromatic carbocycles. The molecule has 0 spiro atoms. The number of imidazole rings is 1. The summed E-state index contributed by atoms with van der Waals surface area (Å²) in [5.41, 5.74) is 5.87. The highest BCUT2D eigenvalue weighted by Crippen LogP contribution is 2.43. The molecule has 1 atom stereocenters. The summed E-state index contributed by atoms with van der Waals surface area (Å²) in [4.78, 5) is 20.5. The zero-order valence-electron chi connectivity index (χ0n) is 18.1. The van der Waals surface area contributed by atoms with Gasteiger partial charge in [-0.1, -0.05) is 28.9 Å². The number of aromatic nitrogens is 5. The molecule has 1 aliphatic heterocycles. The van der Waals surface area contributed by atoms with E-state index in [-0.39, 0.29) is 18.0 Å². The van der Waals surface area contributed by atoms with Crippen molar-refractivity contribution in [3.8, 4) is 0 Å².